The molecule has 7 heteroatoms. The predicted molar refractivity (Wildman–Crippen MR) is 75.9 cm³/mol. The Balaban J connectivity index is 4.10. The summed E-state index contributed by atoms with van der Waals surface area (Å²) in [6, 6.07) is 0. The lowest BCUT2D eigenvalue weighted by atomic mass is 9.96. The first-order valence-electron chi connectivity index (χ1n) is 6.28. The third kappa shape index (κ3) is 7.49. The second-order valence-electron chi connectivity index (χ2n) is 5.11. The van der Waals surface area contributed by atoms with Gasteiger partial charge in [-0.25, -0.2) is 8.42 Å². The summed E-state index contributed by atoms with van der Waals surface area (Å²) in [5.74, 6) is -0.127. The number of hydrogen-bond donors (Lipinski definition) is 1. The summed E-state index contributed by atoms with van der Waals surface area (Å²) in [5.41, 5.74) is -0.688. The number of esters is 1. The average Bonchev–Trinajstić information content (AvgIpc) is 2.34. The van der Waals surface area contributed by atoms with Gasteiger partial charge in [0.1, 0.15) is 15.4 Å². The Kier molecular flexibility index (Phi) is 7.54. The van der Waals surface area contributed by atoms with E-state index in [4.69, 9.17) is 4.74 Å². The van der Waals surface area contributed by atoms with E-state index in [1.54, 1.807) is 14.0 Å². The zero-order valence-corrected chi connectivity index (χ0v) is 13.3. The number of rotatable bonds is 9. The van der Waals surface area contributed by atoms with Crippen LogP contribution in [0.2, 0.25) is 0 Å². The smallest absolute Gasteiger partial charge is 0.325 e. The predicted octanol–water partition coefficient (Wildman–Crippen LogP) is -0.106. The van der Waals surface area contributed by atoms with E-state index in [1.165, 1.54) is 13.4 Å². The molecular weight excluding hydrogens is 268 g/mol. The molecule has 6 nitrogen and oxygen atoms in total. The summed E-state index contributed by atoms with van der Waals surface area (Å²) in [7, 11) is 2.05. The Morgan fingerprint density at radius 1 is 1.37 bits per heavy atom. The van der Waals surface area contributed by atoms with E-state index in [-0.39, 0.29) is 11.7 Å². The maximum Gasteiger partial charge on any atom is 0.325 e. The molecule has 0 fully saturated rings. The molecule has 19 heavy (non-hydrogen) atoms. The van der Waals surface area contributed by atoms with Crippen molar-refractivity contribution in [1.29, 1.82) is 0 Å². The Bertz CT molecular complexity index is 383. The van der Waals surface area contributed by atoms with Gasteiger partial charge in [-0.3, -0.25) is 4.79 Å². The largest absolute Gasteiger partial charge is 0.468 e. The molecule has 0 aromatic heterocycles. The molecule has 0 saturated carbocycles. The van der Waals surface area contributed by atoms with Crippen molar-refractivity contribution in [2.75, 3.05) is 46.3 Å². The normalized spacial score (nSPS) is 15.3. The Hall–Kier alpha value is -0.660. The van der Waals surface area contributed by atoms with Crippen LogP contribution in [0.1, 0.15) is 19.8 Å². The molecule has 1 unspecified atom stereocenters. The van der Waals surface area contributed by atoms with Crippen LogP contribution < -0.4 is 5.32 Å². The third-order valence-electron chi connectivity index (χ3n) is 3.25. The van der Waals surface area contributed by atoms with E-state index in [2.05, 4.69) is 5.32 Å². The van der Waals surface area contributed by atoms with Gasteiger partial charge in [0.2, 0.25) is 0 Å². The fraction of sp³-hybridized carbons (Fsp3) is 0.917. The van der Waals surface area contributed by atoms with Gasteiger partial charge in [0, 0.05) is 12.8 Å². The molecule has 0 aliphatic rings. The van der Waals surface area contributed by atoms with Gasteiger partial charge in [0.15, 0.2) is 0 Å². The first-order valence-corrected chi connectivity index (χ1v) is 8.34. The molecule has 0 spiro atoms. The number of nitrogens with zero attached hydrogens (tertiary/aromatic N) is 1. The van der Waals surface area contributed by atoms with Crippen molar-refractivity contribution in [2.45, 2.75) is 25.3 Å². The van der Waals surface area contributed by atoms with Crippen molar-refractivity contribution in [2.24, 2.45) is 0 Å². The number of likely N-dealkylation sites (N-methyl/N-ethyl adjacent to an activating group) is 1. The molecule has 1 N–H and O–H groups in total. The average molecular weight is 294 g/mol. The van der Waals surface area contributed by atoms with Crippen LogP contribution in [0.5, 0.6) is 0 Å². The molecular formula is C12H26N2O4S. The number of carbonyl (C=O) groups excluding carboxylic acids is 1. The summed E-state index contributed by atoms with van der Waals surface area (Å²) >= 11 is 0. The van der Waals surface area contributed by atoms with Crippen LogP contribution >= 0.6 is 0 Å². The highest BCUT2D eigenvalue weighted by Crippen LogP contribution is 2.14. The highest BCUT2D eigenvalue weighted by atomic mass is 32.2. The highest BCUT2D eigenvalue weighted by Gasteiger charge is 2.31. The van der Waals surface area contributed by atoms with Gasteiger partial charge in [0.05, 0.1) is 12.9 Å². The van der Waals surface area contributed by atoms with E-state index in [1.807, 2.05) is 11.9 Å². The molecule has 114 valence electrons. The van der Waals surface area contributed by atoms with Gasteiger partial charge < -0.3 is 15.0 Å². The number of carbonyl (C=O) groups is 1. The van der Waals surface area contributed by atoms with Crippen molar-refractivity contribution in [3.63, 3.8) is 0 Å². The van der Waals surface area contributed by atoms with Crippen molar-refractivity contribution in [3.8, 4) is 0 Å². The molecule has 0 aromatic rings. The lowest BCUT2D eigenvalue weighted by Gasteiger charge is -2.27. The van der Waals surface area contributed by atoms with Gasteiger partial charge in [-0.1, -0.05) is 0 Å². The van der Waals surface area contributed by atoms with Crippen molar-refractivity contribution in [1.82, 2.24) is 10.2 Å². The van der Waals surface area contributed by atoms with E-state index < -0.39 is 15.4 Å². The zero-order chi connectivity index (χ0) is 15.1. The second kappa shape index (κ2) is 7.81. The number of sulfone groups is 1. The van der Waals surface area contributed by atoms with Crippen molar-refractivity contribution >= 4 is 15.8 Å². The van der Waals surface area contributed by atoms with Crippen LogP contribution in [-0.4, -0.2) is 71.1 Å². The lowest BCUT2D eigenvalue weighted by Crippen LogP contribution is -2.48. The molecule has 0 saturated heterocycles. The van der Waals surface area contributed by atoms with Crippen LogP contribution in [-0.2, 0) is 19.4 Å². The summed E-state index contributed by atoms with van der Waals surface area (Å²) in [4.78, 5) is 13.6. The minimum Gasteiger partial charge on any atom is -0.468 e. The molecule has 0 aliphatic carbocycles. The fourth-order valence-corrected chi connectivity index (χ4v) is 2.33. The van der Waals surface area contributed by atoms with Gasteiger partial charge in [-0.05, 0) is 40.4 Å². The number of methoxy groups -OCH3 is 1. The summed E-state index contributed by atoms with van der Waals surface area (Å²) in [6.45, 7) is 3.05. The molecule has 0 amide bonds. The minimum atomic E-state index is -2.92. The SMILES string of the molecule is CNC(C)(CCCN(C)CCS(C)(=O)=O)C(=O)OC. The van der Waals surface area contributed by atoms with Crippen LogP contribution in [0.25, 0.3) is 0 Å². The summed E-state index contributed by atoms with van der Waals surface area (Å²) in [6.07, 6.45) is 2.66. The van der Waals surface area contributed by atoms with Crippen LogP contribution in [0, 0.1) is 0 Å². The molecule has 0 bridgehead atoms. The molecule has 0 radical (unpaired) electrons. The van der Waals surface area contributed by atoms with Gasteiger partial charge >= 0.3 is 5.97 Å². The lowest BCUT2D eigenvalue weighted by molar-refractivity contribution is -0.148. The zero-order valence-electron chi connectivity index (χ0n) is 12.5. The molecule has 0 rings (SSSR count). The van der Waals surface area contributed by atoms with E-state index in [9.17, 15) is 13.2 Å². The first kappa shape index (κ1) is 18.3. The fourth-order valence-electron chi connectivity index (χ4n) is 1.69. The summed E-state index contributed by atoms with van der Waals surface area (Å²) in [5, 5.41) is 2.97. The van der Waals surface area contributed by atoms with Crippen molar-refractivity contribution in [3.05, 3.63) is 0 Å². The summed E-state index contributed by atoms with van der Waals surface area (Å²) < 4.78 is 26.9. The van der Waals surface area contributed by atoms with Gasteiger partial charge in [-0.2, -0.15) is 0 Å². The van der Waals surface area contributed by atoms with Crippen LogP contribution in [0.3, 0.4) is 0 Å². The van der Waals surface area contributed by atoms with Crippen LogP contribution in [0.4, 0.5) is 0 Å². The van der Waals surface area contributed by atoms with E-state index in [0.29, 0.717) is 13.0 Å². The van der Waals surface area contributed by atoms with Crippen LogP contribution in [0.15, 0.2) is 0 Å². The van der Waals surface area contributed by atoms with E-state index in [0.717, 1.165) is 13.0 Å². The third-order valence-corrected chi connectivity index (χ3v) is 4.17. The Labute approximate surface area is 116 Å². The maximum atomic E-state index is 11.6. The standard InChI is InChI=1S/C12H26N2O4S/c1-12(13-2,11(15)18-4)7-6-8-14(3)9-10-19(5,16)17/h13H,6-10H2,1-5H3. The second-order valence-corrected chi connectivity index (χ2v) is 7.37. The van der Waals surface area contributed by atoms with Crippen molar-refractivity contribution < 1.29 is 17.9 Å². The number of hydrogen-bond acceptors (Lipinski definition) is 6. The monoisotopic (exact) mass is 294 g/mol. The molecule has 0 aromatic carbocycles. The number of nitrogens with one attached hydrogen (secondary N) is 1. The molecule has 0 heterocycles. The quantitative estimate of drug-likeness (QED) is 0.598. The topological polar surface area (TPSA) is 75.7 Å². The van der Waals surface area contributed by atoms with Gasteiger partial charge in [-0.15, -0.1) is 0 Å². The van der Waals surface area contributed by atoms with E-state index >= 15 is 0 Å². The Morgan fingerprint density at radius 3 is 2.37 bits per heavy atom. The maximum absolute atomic E-state index is 11.6. The first-order chi connectivity index (χ1) is 8.64. The highest BCUT2D eigenvalue weighted by molar-refractivity contribution is 7.90. The Morgan fingerprint density at radius 2 is 1.95 bits per heavy atom. The number of ether oxygens (including phenoxy) is 1. The molecule has 0 aliphatic heterocycles. The van der Waals surface area contributed by atoms with Gasteiger partial charge in [0.25, 0.3) is 0 Å². The minimum absolute atomic E-state index is 0.157. The molecule has 1 atom stereocenters.